The van der Waals surface area contributed by atoms with Crippen LogP contribution in [0.25, 0.3) is 0 Å². The van der Waals surface area contributed by atoms with Crippen LogP contribution in [0.15, 0.2) is 12.4 Å². The summed E-state index contributed by atoms with van der Waals surface area (Å²) in [5.41, 5.74) is 4.06. The van der Waals surface area contributed by atoms with Crippen molar-refractivity contribution in [2.45, 2.75) is 25.9 Å². The number of hydrogen-bond donors (Lipinski definition) is 2. The standard InChI is InChI=1S/C9H18N4S/c1-3-13-6-8(5-11-13)4-9(12-10)7-14-2/h5-6,9,12H,3-4,7,10H2,1-2H3. The maximum atomic E-state index is 5.46. The van der Waals surface area contributed by atoms with Gasteiger partial charge in [-0.3, -0.25) is 16.0 Å². The molecule has 0 saturated heterocycles. The monoisotopic (exact) mass is 214 g/mol. The van der Waals surface area contributed by atoms with E-state index in [0.29, 0.717) is 6.04 Å². The van der Waals surface area contributed by atoms with Crippen molar-refractivity contribution in [3.05, 3.63) is 18.0 Å². The molecule has 4 nitrogen and oxygen atoms in total. The quantitative estimate of drug-likeness (QED) is 0.539. The average Bonchev–Trinajstić information content (AvgIpc) is 2.65. The summed E-state index contributed by atoms with van der Waals surface area (Å²) in [7, 11) is 0. The highest BCUT2D eigenvalue weighted by Crippen LogP contribution is 2.05. The van der Waals surface area contributed by atoms with Gasteiger partial charge in [-0.2, -0.15) is 16.9 Å². The molecule has 14 heavy (non-hydrogen) atoms. The fraction of sp³-hybridized carbons (Fsp3) is 0.667. The lowest BCUT2D eigenvalue weighted by Gasteiger charge is -2.12. The molecule has 0 spiro atoms. The van der Waals surface area contributed by atoms with Crippen LogP contribution in [0.1, 0.15) is 12.5 Å². The van der Waals surface area contributed by atoms with Crippen molar-refractivity contribution in [1.82, 2.24) is 15.2 Å². The molecule has 0 aliphatic heterocycles. The van der Waals surface area contributed by atoms with Crippen molar-refractivity contribution >= 4 is 11.8 Å². The van der Waals surface area contributed by atoms with Crippen LogP contribution >= 0.6 is 11.8 Å². The highest BCUT2D eigenvalue weighted by atomic mass is 32.2. The van der Waals surface area contributed by atoms with Crippen molar-refractivity contribution in [3.8, 4) is 0 Å². The van der Waals surface area contributed by atoms with Crippen molar-refractivity contribution in [1.29, 1.82) is 0 Å². The Hall–Kier alpha value is -0.520. The van der Waals surface area contributed by atoms with E-state index < -0.39 is 0 Å². The molecule has 0 aliphatic rings. The number of hydrogen-bond acceptors (Lipinski definition) is 4. The lowest BCUT2D eigenvalue weighted by molar-refractivity contribution is 0.575. The molecule has 0 bridgehead atoms. The zero-order chi connectivity index (χ0) is 10.4. The van der Waals surface area contributed by atoms with Crippen molar-refractivity contribution < 1.29 is 0 Å². The van der Waals surface area contributed by atoms with Crippen molar-refractivity contribution in [2.75, 3.05) is 12.0 Å². The minimum Gasteiger partial charge on any atom is -0.273 e. The van der Waals surface area contributed by atoms with Crippen LogP contribution in [0.4, 0.5) is 0 Å². The van der Waals surface area contributed by atoms with Gasteiger partial charge in [0.1, 0.15) is 0 Å². The third-order valence-corrected chi connectivity index (χ3v) is 2.83. The maximum Gasteiger partial charge on any atom is 0.0522 e. The second kappa shape index (κ2) is 6.06. The zero-order valence-electron chi connectivity index (χ0n) is 8.73. The Labute approximate surface area is 89.2 Å². The van der Waals surface area contributed by atoms with E-state index in [9.17, 15) is 0 Å². The number of nitrogens with one attached hydrogen (secondary N) is 1. The number of nitrogens with two attached hydrogens (primary N) is 1. The topological polar surface area (TPSA) is 55.9 Å². The minimum atomic E-state index is 0.333. The first-order valence-corrected chi connectivity index (χ1v) is 6.16. The number of nitrogens with zero attached hydrogens (tertiary/aromatic N) is 2. The Morgan fingerprint density at radius 2 is 2.50 bits per heavy atom. The maximum absolute atomic E-state index is 5.46. The van der Waals surface area contributed by atoms with Gasteiger partial charge < -0.3 is 0 Å². The molecule has 0 saturated carbocycles. The lowest BCUT2D eigenvalue weighted by atomic mass is 10.1. The molecule has 0 fully saturated rings. The van der Waals surface area contributed by atoms with Crippen LogP contribution in [-0.2, 0) is 13.0 Å². The molecule has 0 aliphatic carbocycles. The largest absolute Gasteiger partial charge is 0.273 e. The Kier molecular flexibility index (Phi) is 5.00. The van der Waals surface area contributed by atoms with E-state index in [-0.39, 0.29) is 0 Å². The van der Waals surface area contributed by atoms with E-state index in [1.165, 1.54) is 5.56 Å². The first kappa shape index (κ1) is 11.6. The SMILES string of the molecule is CCn1cc(CC(CSC)NN)cn1. The minimum absolute atomic E-state index is 0.333. The van der Waals surface area contributed by atoms with Gasteiger partial charge in [-0.05, 0) is 25.2 Å². The molecular formula is C9H18N4S. The van der Waals surface area contributed by atoms with Gasteiger partial charge in [-0.15, -0.1) is 0 Å². The van der Waals surface area contributed by atoms with Crippen LogP contribution in [-0.4, -0.2) is 27.8 Å². The highest BCUT2D eigenvalue weighted by Gasteiger charge is 2.07. The van der Waals surface area contributed by atoms with Gasteiger partial charge in [-0.1, -0.05) is 0 Å². The summed E-state index contributed by atoms with van der Waals surface area (Å²) in [5.74, 6) is 6.48. The summed E-state index contributed by atoms with van der Waals surface area (Å²) < 4.78 is 1.93. The molecule has 3 N–H and O–H groups in total. The number of rotatable bonds is 6. The molecule has 0 aromatic carbocycles. The van der Waals surface area contributed by atoms with E-state index in [1.54, 1.807) is 11.8 Å². The second-order valence-corrected chi connectivity index (χ2v) is 4.14. The van der Waals surface area contributed by atoms with Gasteiger partial charge in [0.05, 0.1) is 6.20 Å². The predicted octanol–water partition coefficient (Wildman–Crippen LogP) is 0.640. The van der Waals surface area contributed by atoms with Crippen LogP contribution in [0.5, 0.6) is 0 Å². The van der Waals surface area contributed by atoms with E-state index in [2.05, 4.69) is 29.9 Å². The summed E-state index contributed by atoms with van der Waals surface area (Å²) >= 11 is 1.80. The molecule has 1 heterocycles. The normalized spacial score (nSPS) is 13.1. The first-order chi connectivity index (χ1) is 6.80. The Balaban J connectivity index is 2.48. The fourth-order valence-electron chi connectivity index (χ4n) is 1.34. The lowest BCUT2D eigenvalue weighted by Crippen LogP contribution is -2.38. The smallest absolute Gasteiger partial charge is 0.0522 e. The van der Waals surface area contributed by atoms with Gasteiger partial charge in [0.2, 0.25) is 0 Å². The van der Waals surface area contributed by atoms with E-state index in [4.69, 9.17) is 5.84 Å². The number of aromatic nitrogens is 2. The van der Waals surface area contributed by atoms with E-state index >= 15 is 0 Å². The second-order valence-electron chi connectivity index (χ2n) is 3.23. The summed E-state index contributed by atoms with van der Waals surface area (Å²) in [6.45, 7) is 3.00. The van der Waals surface area contributed by atoms with Crippen molar-refractivity contribution in [2.24, 2.45) is 5.84 Å². The van der Waals surface area contributed by atoms with Gasteiger partial charge in [0.15, 0.2) is 0 Å². The van der Waals surface area contributed by atoms with Crippen LogP contribution in [0.2, 0.25) is 0 Å². The van der Waals surface area contributed by atoms with Crippen molar-refractivity contribution in [3.63, 3.8) is 0 Å². The molecule has 0 radical (unpaired) electrons. The third kappa shape index (κ3) is 3.32. The molecule has 80 valence electrons. The predicted molar refractivity (Wildman–Crippen MR) is 61.1 cm³/mol. The summed E-state index contributed by atoms with van der Waals surface area (Å²) in [6, 6.07) is 0.333. The highest BCUT2D eigenvalue weighted by molar-refractivity contribution is 7.98. The summed E-state index contributed by atoms with van der Waals surface area (Å²) in [5, 5.41) is 4.22. The summed E-state index contributed by atoms with van der Waals surface area (Å²) in [6.07, 6.45) is 7.01. The van der Waals surface area contributed by atoms with Gasteiger partial charge in [-0.25, -0.2) is 0 Å². The fourth-order valence-corrected chi connectivity index (χ4v) is 1.95. The van der Waals surface area contributed by atoms with Gasteiger partial charge in [0, 0.05) is 24.5 Å². The molecule has 1 aromatic heterocycles. The molecule has 1 aromatic rings. The molecule has 1 unspecified atom stereocenters. The molecular weight excluding hydrogens is 196 g/mol. The molecule has 5 heteroatoms. The number of thioether (sulfide) groups is 1. The van der Waals surface area contributed by atoms with Crippen LogP contribution in [0.3, 0.4) is 0 Å². The molecule has 1 atom stereocenters. The van der Waals surface area contributed by atoms with Gasteiger partial charge >= 0.3 is 0 Å². The third-order valence-electron chi connectivity index (χ3n) is 2.10. The van der Waals surface area contributed by atoms with Crippen LogP contribution in [0, 0.1) is 0 Å². The molecule has 0 amide bonds. The number of aryl methyl sites for hydroxylation is 1. The first-order valence-electron chi connectivity index (χ1n) is 4.76. The Morgan fingerprint density at radius 3 is 3.00 bits per heavy atom. The van der Waals surface area contributed by atoms with E-state index in [1.807, 2.05) is 10.9 Å². The average molecular weight is 214 g/mol. The molecule has 1 rings (SSSR count). The Morgan fingerprint density at radius 1 is 1.71 bits per heavy atom. The van der Waals surface area contributed by atoms with Gasteiger partial charge in [0.25, 0.3) is 0 Å². The zero-order valence-corrected chi connectivity index (χ0v) is 9.55. The number of hydrazine groups is 1. The summed E-state index contributed by atoms with van der Waals surface area (Å²) in [4.78, 5) is 0. The van der Waals surface area contributed by atoms with E-state index in [0.717, 1.165) is 18.7 Å². The van der Waals surface area contributed by atoms with Crippen LogP contribution < -0.4 is 11.3 Å². The Bertz CT molecular complexity index is 261.